The van der Waals surface area contributed by atoms with Gasteiger partial charge in [-0.1, -0.05) is 11.6 Å². The largest absolute Gasteiger partial charge is 0.451 e. The number of nitrogens with zero attached hydrogens (tertiary/aromatic N) is 3. The number of alkyl halides is 3. The Balaban J connectivity index is 2.16. The molecule has 0 aliphatic carbocycles. The lowest BCUT2D eigenvalue weighted by Crippen LogP contribution is -2.32. The van der Waals surface area contributed by atoms with E-state index in [1.165, 1.54) is 12.3 Å². The smallest absolute Gasteiger partial charge is 0.444 e. The van der Waals surface area contributed by atoms with E-state index in [2.05, 4.69) is 20.3 Å². The van der Waals surface area contributed by atoms with Gasteiger partial charge in [-0.3, -0.25) is 4.98 Å². The molecule has 140 valence electrons. The second-order valence-corrected chi connectivity index (χ2v) is 6.71. The van der Waals surface area contributed by atoms with Gasteiger partial charge < -0.3 is 10.1 Å². The van der Waals surface area contributed by atoms with Crippen molar-refractivity contribution in [2.75, 3.05) is 0 Å². The average Bonchev–Trinajstić information content (AvgIpc) is 2.52. The summed E-state index contributed by atoms with van der Waals surface area (Å²) in [4.78, 5) is 22.4. The molecule has 0 aliphatic rings. The Kier molecular flexibility index (Phi) is 5.70. The van der Waals surface area contributed by atoms with Crippen LogP contribution in [0.4, 0.5) is 18.0 Å². The molecule has 1 amide bonds. The minimum absolute atomic E-state index is 0.0561. The van der Waals surface area contributed by atoms with Gasteiger partial charge in [0.15, 0.2) is 0 Å². The molecule has 0 bridgehead atoms. The standard InChI is InChI=1S/C16H16ClF3N4O2/c1-15(2,3)26-14(25)24-7-10-4-11(12(17)8-21-10)9-5-22-13(23-6-9)16(18,19)20/h4-6,8H,7H2,1-3H3,(H,24,25). The summed E-state index contributed by atoms with van der Waals surface area (Å²) in [5.74, 6) is -1.24. The maximum atomic E-state index is 12.5. The third-order valence-electron chi connectivity index (χ3n) is 2.94. The van der Waals surface area contributed by atoms with Crippen LogP contribution in [0.1, 0.15) is 32.3 Å². The van der Waals surface area contributed by atoms with E-state index in [0.29, 0.717) is 16.8 Å². The van der Waals surface area contributed by atoms with E-state index < -0.39 is 23.7 Å². The minimum atomic E-state index is -4.62. The first-order valence-electron chi connectivity index (χ1n) is 7.46. The monoisotopic (exact) mass is 388 g/mol. The Hall–Kier alpha value is -2.42. The number of alkyl carbamates (subject to hydrolysis) is 1. The van der Waals surface area contributed by atoms with Gasteiger partial charge in [0, 0.05) is 29.7 Å². The van der Waals surface area contributed by atoms with Crippen molar-refractivity contribution in [3.8, 4) is 11.1 Å². The van der Waals surface area contributed by atoms with Gasteiger partial charge in [0.05, 0.1) is 17.3 Å². The fraction of sp³-hybridized carbons (Fsp3) is 0.375. The summed E-state index contributed by atoms with van der Waals surface area (Å²) in [7, 11) is 0. The molecule has 0 aromatic carbocycles. The lowest BCUT2D eigenvalue weighted by Gasteiger charge is -2.19. The molecular formula is C16H16ClF3N4O2. The number of carbonyl (C=O) groups excluding carboxylic acids is 1. The number of nitrogens with one attached hydrogen (secondary N) is 1. The molecule has 2 aromatic heterocycles. The maximum absolute atomic E-state index is 12.5. The van der Waals surface area contributed by atoms with Crippen LogP contribution in [0.15, 0.2) is 24.7 Å². The number of pyridine rings is 1. The summed E-state index contributed by atoms with van der Waals surface area (Å²) in [6, 6.07) is 1.53. The maximum Gasteiger partial charge on any atom is 0.451 e. The molecule has 0 saturated heterocycles. The normalized spacial score (nSPS) is 12.0. The molecule has 2 rings (SSSR count). The lowest BCUT2D eigenvalue weighted by molar-refractivity contribution is -0.144. The van der Waals surface area contributed by atoms with E-state index in [1.807, 2.05) is 0 Å². The third kappa shape index (κ3) is 5.55. The molecule has 10 heteroatoms. The number of amides is 1. The predicted molar refractivity (Wildman–Crippen MR) is 88.3 cm³/mol. The molecule has 0 unspecified atom stereocenters. The van der Waals surface area contributed by atoms with Crippen LogP contribution in [-0.2, 0) is 17.5 Å². The molecule has 0 spiro atoms. The zero-order valence-electron chi connectivity index (χ0n) is 14.2. The van der Waals surface area contributed by atoms with Crippen LogP contribution in [-0.4, -0.2) is 26.6 Å². The van der Waals surface area contributed by atoms with Gasteiger partial charge >= 0.3 is 12.3 Å². The van der Waals surface area contributed by atoms with E-state index in [1.54, 1.807) is 20.8 Å². The van der Waals surface area contributed by atoms with E-state index in [0.717, 1.165) is 12.4 Å². The Labute approximate surface area is 152 Å². The van der Waals surface area contributed by atoms with Crippen LogP contribution >= 0.6 is 11.6 Å². The van der Waals surface area contributed by atoms with Crippen LogP contribution in [0.5, 0.6) is 0 Å². The van der Waals surface area contributed by atoms with E-state index >= 15 is 0 Å². The van der Waals surface area contributed by atoms with Crippen LogP contribution in [0, 0.1) is 0 Å². The van der Waals surface area contributed by atoms with Crippen molar-refractivity contribution < 1.29 is 22.7 Å². The van der Waals surface area contributed by atoms with Crippen molar-refractivity contribution in [1.82, 2.24) is 20.3 Å². The number of aromatic nitrogens is 3. The number of hydrogen-bond donors (Lipinski definition) is 1. The van der Waals surface area contributed by atoms with Crippen LogP contribution in [0.25, 0.3) is 11.1 Å². The topological polar surface area (TPSA) is 77.0 Å². The average molecular weight is 389 g/mol. The highest BCUT2D eigenvalue weighted by molar-refractivity contribution is 6.33. The molecule has 2 aromatic rings. The molecular weight excluding hydrogens is 373 g/mol. The summed E-state index contributed by atoms with van der Waals surface area (Å²) < 4.78 is 42.8. The summed E-state index contributed by atoms with van der Waals surface area (Å²) in [6.45, 7) is 5.25. The Morgan fingerprint density at radius 2 is 1.77 bits per heavy atom. The molecule has 0 atom stereocenters. The Morgan fingerprint density at radius 1 is 1.15 bits per heavy atom. The van der Waals surface area contributed by atoms with Crippen LogP contribution in [0.3, 0.4) is 0 Å². The highest BCUT2D eigenvalue weighted by Gasteiger charge is 2.34. The highest BCUT2D eigenvalue weighted by atomic mass is 35.5. The van der Waals surface area contributed by atoms with Crippen molar-refractivity contribution in [3.05, 3.63) is 41.2 Å². The second kappa shape index (κ2) is 7.45. The van der Waals surface area contributed by atoms with Crippen molar-refractivity contribution in [3.63, 3.8) is 0 Å². The number of ether oxygens (including phenoxy) is 1. The summed E-state index contributed by atoms with van der Waals surface area (Å²) in [5, 5.41) is 2.75. The zero-order chi connectivity index (χ0) is 19.5. The van der Waals surface area contributed by atoms with E-state index in [-0.39, 0.29) is 11.6 Å². The van der Waals surface area contributed by atoms with Gasteiger partial charge in [-0.15, -0.1) is 0 Å². The quantitative estimate of drug-likeness (QED) is 0.851. The fourth-order valence-electron chi connectivity index (χ4n) is 1.89. The minimum Gasteiger partial charge on any atom is -0.444 e. The summed E-state index contributed by atoms with van der Waals surface area (Å²) >= 11 is 6.06. The highest BCUT2D eigenvalue weighted by Crippen LogP contribution is 2.30. The van der Waals surface area contributed by atoms with Gasteiger partial charge in [-0.2, -0.15) is 13.2 Å². The van der Waals surface area contributed by atoms with Crippen LogP contribution < -0.4 is 5.32 Å². The fourth-order valence-corrected chi connectivity index (χ4v) is 2.10. The van der Waals surface area contributed by atoms with Crippen LogP contribution in [0.2, 0.25) is 5.02 Å². The molecule has 26 heavy (non-hydrogen) atoms. The van der Waals surface area contributed by atoms with Crippen molar-refractivity contribution in [2.24, 2.45) is 0 Å². The lowest BCUT2D eigenvalue weighted by atomic mass is 10.1. The zero-order valence-corrected chi connectivity index (χ0v) is 14.9. The Bertz CT molecular complexity index is 790. The van der Waals surface area contributed by atoms with E-state index in [9.17, 15) is 18.0 Å². The van der Waals surface area contributed by atoms with E-state index in [4.69, 9.17) is 16.3 Å². The van der Waals surface area contributed by atoms with Crippen molar-refractivity contribution in [2.45, 2.75) is 39.1 Å². The molecule has 0 fully saturated rings. The first-order chi connectivity index (χ1) is 12.0. The second-order valence-electron chi connectivity index (χ2n) is 6.30. The van der Waals surface area contributed by atoms with Crippen molar-refractivity contribution in [1.29, 1.82) is 0 Å². The SMILES string of the molecule is CC(C)(C)OC(=O)NCc1cc(-c2cnc(C(F)(F)F)nc2)c(Cl)cn1. The van der Waals surface area contributed by atoms with Gasteiger partial charge in [0.2, 0.25) is 5.82 Å². The molecule has 1 N–H and O–H groups in total. The van der Waals surface area contributed by atoms with Gasteiger partial charge in [0.1, 0.15) is 5.60 Å². The molecule has 0 aliphatic heterocycles. The molecule has 6 nitrogen and oxygen atoms in total. The summed E-state index contributed by atoms with van der Waals surface area (Å²) in [6.07, 6.45) is -1.85. The Morgan fingerprint density at radius 3 is 2.31 bits per heavy atom. The molecule has 2 heterocycles. The first kappa shape index (κ1) is 19.9. The molecule has 0 radical (unpaired) electrons. The number of carbonyl (C=O) groups is 1. The number of rotatable bonds is 3. The molecule has 0 saturated carbocycles. The van der Waals surface area contributed by atoms with Gasteiger partial charge in [0.25, 0.3) is 0 Å². The first-order valence-corrected chi connectivity index (χ1v) is 7.84. The van der Waals surface area contributed by atoms with Crippen molar-refractivity contribution >= 4 is 17.7 Å². The predicted octanol–water partition coefficient (Wildman–Crippen LogP) is 4.24. The summed E-state index contributed by atoms with van der Waals surface area (Å²) in [5.41, 5.74) is 0.496. The third-order valence-corrected chi connectivity index (χ3v) is 3.24. The van der Waals surface area contributed by atoms with Gasteiger partial charge in [-0.05, 0) is 26.8 Å². The number of hydrogen-bond acceptors (Lipinski definition) is 5. The van der Waals surface area contributed by atoms with Gasteiger partial charge in [-0.25, -0.2) is 14.8 Å². The number of halogens is 4.